The van der Waals surface area contributed by atoms with Crippen molar-refractivity contribution in [3.63, 3.8) is 0 Å². The molecular weight excluding hydrogens is 370 g/mol. The zero-order chi connectivity index (χ0) is 20.2. The molecule has 7 heteroatoms. The predicted octanol–water partition coefficient (Wildman–Crippen LogP) is 3.89. The molecule has 1 aliphatic heterocycles. The summed E-state index contributed by atoms with van der Waals surface area (Å²) in [4.78, 5) is 17.5. The SMILES string of the molecule is N#Cc1ccc(COc2cccc(N3CC=C(CC(=O)O)CC3)n2)c2occc12. The Morgan fingerprint density at radius 2 is 2.21 bits per heavy atom. The Kier molecular flexibility index (Phi) is 5.16. The van der Waals surface area contributed by atoms with Crippen LogP contribution in [-0.4, -0.2) is 29.1 Å². The van der Waals surface area contributed by atoms with Crippen molar-refractivity contribution in [2.24, 2.45) is 0 Å². The van der Waals surface area contributed by atoms with Crippen LogP contribution in [0, 0.1) is 11.3 Å². The first-order valence-electron chi connectivity index (χ1n) is 9.28. The largest absolute Gasteiger partial charge is 0.481 e. The standard InChI is InChI=1S/C22H19N3O4/c23-13-16-4-5-17(22-18(16)8-11-28-22)14-29-20-3-1-2-19(24-20)25-9-6-15(7-10-25)12-21(26)27/h1-6,8,11H,7,9-10,12,14H2,(H,26,27). The van der Waals surface area contributed by atoms with Crippen molar-refractivity contribution in [2.75, 3.05) is 18.0 Å². The molecule has 0 saturated carbocycles. The van der Waals surface area contributed by atoms with E-state index in [0.717, 1.165) is 28.9 Å². The molecule has 7 nitrogen and oxygen atoms in total. The minimum Gasteiger partial charge on any atom is -0.481 e. The third kappa shape index (κ3) is 4.06. The van der Waals surface area contributed by atoms with Crippen molar-refractivity contribution in [1.29, 1.82) is 5.26 Å². The summed E-state index contributed by atoms with van der Waals surface area (Å²) in [6.45, 7) is 1.62. The molecular formula is C22H19N3O4. The predicted molar refractivity (Wildman–Crippen MR) is 107 cm³/mol. The lowest BCUT2D eigenvalue weighted by Gasteiger charge is -2.27. The highest BCUT2D eigenvalue weighted by Gasteiger charge is 2.16. The maximum Gasteiger partial charge on any atom is 0.307 e. The molecule has 1 aliphatic rings. The summed E-state index contributed by atoms with van der Waals surface area (Å²) >= 11 is 0. The summed E-state index contributed by atoms with van der Waals surface area (Å²) in [7, 11) is 0. The number of carbonyl (C=O) groups is 1. The number of aromatic nitrogens is 1. The highest BCUT2D eigenvalue weighted by Crippen LogP contribution is 2.26. The number of benzene rings is 1. The summed E-state index contributed by atoms with van der Waals surface area (Å²) in [6.07, 6.45) is 4.32. The van der Waals surface area contributed by atoms with Gasteiger partial charge in [-0.25, -0.2) is 0 Å². The Morgan fingerprint density at radius 3 is 2.97 bits per heavy atom. The number of carboxylic acid groups (broad SMARTS) is 1. The molecule has 146 valence electrons. The van der Waals surface area contributed by atoms with Gasteiger partial charge in [-0.2, -0.15) is 10.2 Å². The van der Waals surface area contributed by atoms with Gasteiger partial charge in [0.05, 0.1) is 24.3 Å². The maximum atomic E-state index is 10.8. The Balaban J connectivity index is 1.45. The highest BCUT2D eigenvalue weighted by molar-refractivity contribution is 5.86. The van der Waals surface area contributed by atoms with Crippen LogP contribution < -0.4 is 9.64 Å². The van der Waals surface area contributed by atoms with Crippen molar-refractivity contribution in [3.05, 3.63) is 65.4 Å². The summed E-state index contributed by atoms with van der Waals surface area (Å²) in [6, 6.07) is 13.1. The number of furan rings is 1. The number of hydrogen-bond donors (Lipinski definition) is 1. The summed E-state index contributed by atoms with van der Waals surface area (Å²) < 4.78 is 11.4. The smallest absolute Gasteiger partial charge is 0.307 e. The van der Waals surface area contributed by atoms with Gasteiger partial charge in [-0.05, 0) is 24.6 Å². The van der Waals surface area contributed by atoms with Crippen LogP contribution in [-0.2, 0) is 11.4 Å². The van der Waals surface area contributed by atoms with Crippen LogP contribution in [0.1, 0.15) is 24.0 Å². The average Bonchev–Trinajstić information content (AvgIpc) is 3.23. The van der Waals surface area contributed by atoms with Crippen LogP contribution in [0.3, 0.4) is 0 Å². The minimum atomic E-state index is -0.799. The van der Waals surface area contributed by atoms with Gasteiger partial charge in [-0.15, -0.1) is 0 Å². The van der Waals surface area contributed by atoms with E-state index in [2.05, 4.69) is 16.0 Å². The van der Waals surface area contributed by atoms with Crippen LogP contribution in [0.4, 0.5) is 5.82 Å². The molecule has 0 aliphatic carbocycles. The fourth-order valence-corrected chi connectivity index (χ4v) is 3.42. The van der Waals surface area contributed by atoms with Crippen LogP contribution in [0.25, 0.3) is 11.0 Å². The summed E-state index contributed by atoms with van der Waals surface area (Å²) in [5, 5.41) is 18.9. The van der Waals surface area contributed by atoms with Crippen molar-refractivity contribution in [3.8, 4) is 11.9 Å². The molecule has 0 spiro atoms. The molecule has 0 radical (unpaired) electrons. The van der Waals surface area contributed by atoms with Crippen molar-refractivity contribution in [1.82, 2.24) is 4.98 Å². The number of ether oxygens (including phenoxy) is 1. The van der Waals surface area contributed by atoms with Crippen molar-refractivity contribution in [2.45, 2.75) is 19.4 Å². The molecule has 2 aromatic heterocycles. The Hall–Kier alpha value is -3.79. The van der Waals surface area contributed by atoms with E-state index in [9.17, 15) is 10.1 Å². The zero-order valence-electron chi connectivity index (χ0n) is 15.7. The number of pyridine rings is 1. The number of fused-ring (bicyclic) bond motifs is 1. The quantitative estimate of drug-likeness (QED) is 0.638. The molecule has 3 aromatic rings. The normalized spacial score (nSPS) is 13.8. The Bertz CT molecular complexity index is 1130. The van der Waals surface area contributed by atoms with Gasteiger partial charge in [0.2, 0.25) is 5.88 Å². The lowest BCUT2D eigenvalue weighted by molar-refractivity contribution is -0.136. The number of aliphatic carboxylic acids is 1. The van der Waals surface area contributed by atoms with E-state index in [1.807, 2.05) is 24.3 Å². The third-order valence-corrected chi connectivity index (χ3v) is 4.91. The number of rotatable bonds is 6. The molecule has 0 unspecified atom stereocenters. The van der Waals surface area contributed by atoms with Crippen LogP contribution in [0.2, 0.25) is 0 Å². The van der Waals surface area contributed by atoms with E-state index < -0.39 is 5.97 Å². The van der Waals surface area contributed by atoms with Crippen molar-refractivity contribution >= 4 is 22.8 Å². The molecule has 1 aromatic carbocycles. The van der Waals surface area contributed by atoms with Gasteiger partial charge in [-0.1, -0.05) is 23.8 Å². The summed E-state index contributed by atoms with van der Waals surface area (Å²) in [5.41, 5.74) is 3.00. The number of anilines is 1. The van der Waals surface area contributed by atoms with E-state index in [1.54, 1.807) is 24.5 Å². The molecule has 29 heavy (non-hydrogen) atoms. The van der Waals surface area contributed by atoms with E-state index in [4.69, 9.17) is 14.3 Å². The molecule has 0 amide bonds. The molecule has 0 fully saturated rings. The van der Waals surface area contributed by atoms with Gasteiger partial charge >= 0.3 is 5.97 Å². The molecule has 0 bridgehead atoms. The van der Waals surface area contributed by atoms with Crippen LogP contribution >= 0.6 is 0 Å². The second-order valence-electron chi connectivity index (χ2n) is 6.80. The number of nitriles is 1. The van der Waals surface area contributed by atoms with Crippen LogP contribution in [0.5, 0.6) is 5.88 Å². The zero-order valence-corrected chi connectivity index (χ0v) is 15.7. The lowest BCUT2D eigenvalue weighted by atomic mass is 10.1. The van der Waals surface area contributed by atoms with Gasteiger partial charge in [0.25, 0.3) is 0 Å². The maximum absolute atomic E-state index is 10.8. The monoisotopic (exact) mass is 389 g/mol. The second kappa shape index (κ2) is 8.07. The minimum absolute atomic E-state index is 0.0935. The average molecular weight is 389 g/mol. The first kappa shape index (κ1) is 18.6. The molecule has 0 saturated heterocycles. The fraction of sp³-hybridized carbons (Fsp3) is 0.227. The highest BCUT2D eigenvalue weighted by atomic mass is 16.5. The first-order valence-corrected chi connectivity index (χ1v) is 9.28. The van der Waals surface area contributed by atoms with Gasteiger partial charge < -0.3 is 19.2 Å². The van der Waals surface area contributed by atoms with Crippen LogP contribution in [0.15, 0.2) is 58.7 Å². The van der Waals surface area contributed by atoms with Crippen molar-refractivity contribution < 1.29 is 19.1 Å². The van der Waals surface area contributed by atoms with E-state index in [-0.39, 0.29) is 13.0 Å². The fourth-order valence-electron chi connectivity index (χ4n) is 3.42. The molecule has 1 N–H and O–H groups in total. The Morgan fingerprint density at radius 1 is 1.31 bits per heavy atom. The summed E-state index contributed by atoms with van der Waals surface area (Å²) in [5.74, 6) is 0.481. The molecule has 0 atom stereocenters. The van der Waals surface area contributed by atoms with Gasteiger partial charge in [0.15, 0.2) is 0 Å². The Labute approximate surface area is 167 Å². The van der Waals surface area contributed by atoms with E-state index in [1.165, 1.54) is 0 Å². The first-order chi connectivity index (χ1) is 14.1. The molecule has 4 rings (SSSR count). The van der Waals surface area contributed by atoms with Gasteiger partial charge in [0.1, 0.15) is 18.0 Å². The number of nitrogens with zero attached hydrogens (tertiary/aromatic N) is 3. The van der Waals surface area contributed by atoms with E-state index >= 15 is 0 Å². The van der Waals surface area contributed by atoms with Gasteiger partial charge in [-0.3, -0.25) is 4.79 Å². The molecule has 3 heterocycles. The second-order valence-corrected chi connectivity index (χ2v) is 6.80. The third-order valence-electron chi connectivity index (χ3n) is 4.91. The lowest BCUT2D eigenvalue weighted by Crippen LogP contribution is -2.29. The van der Waals surface area contributed by atoms with Gasteiger partial charge in [0, 0.05) is 30.1 Å². The van der Waals surface area contributed by atoms with E-state index in [0.29, 0.717) is 30.0 Å². The number of carboxylic acids is 1. The number of hydrogen-bond acceptors (Lipinski definition) is 6. The topological polar surface area (TPSA) is 99.6 Å².